The molecule has 1 aliphatic carbocycles. The Balaban J connectivity index is 2.51. The van der Waals surface area contributed by atoms with Gasteiger partial charge in [0.25, 0.3) is 0 Å². The summed E-state index contributed by atoms with van der Waals surface area (Å²) in [6.45, 7) is 0. The molecular weight excluding hydrogens is 321 g/mol. The van der Waals surface area contributed by atoms with Crippen LogP contribution in [0.25, 0.3) is 0 Å². The van der Waals surface area contributed by atoms with Gasteiger partial charge < -0.3 is 0 Å². The van der Waals surface area contributed by atoms with Crippen molar-refractivity contribution in [3.05, 3.63) is 24.3 Å². The van der Waals surface area contributed by atoms with Crippen LogP contribution in [0, 0.1) is 5.92 Å². The van der Waals surface area contributed by atoms with Crippen molar-refractivity contribution in [2.24, 2.45) is 15.6 Å². The van der Waals surface area contributed by atoms with E-state index in [1.807, 2.05) is 24.3 Å². The van der Waals surface area contributed by atoms with E-state index in [1.165, 1.54) is 0 Å². The van der Waals surface area contributed by atoms with Crippen molar-refractivity contribution < 1.29 is 31.1 Å². The van der Waals surface area contributed by atoms with E-state index in [4.69, 9.17) is 9.68 Å². The van der Waals surface area contributed by atoms with Crippen LogP contribution in [0.2, 0.25) is 0 Å². The van der Waals surface area contributed by atoms with E-state index >= 15 is 0 Å². The molecule has 16 heavy (non-hydrogen) atoms. The molecule has 2 atom stereocenters. The van der Waals surface area contributed by atoms with Crippen molar-refractivity contribution in [2.75, 3.05) is 0 Å². The molecule has 1 aliphatic rings. The molecule has 5 N–H and O–H groups in total. The molecule has 6 heteroatoms. The summed E-state index contributed by atoms with van der Waals surface area (Å²) in [5.74, 6) is -0.257. The number of nitrogens with one attached hydrogen (secondary N) is 1. The Kier molecular flexibility index (Phi) is 5.47. The third-order valence-corrected chi connectivity index (χ3v) is 3.22. The average Bonchev–Trinajstić information content (AvgIpc) is 2.29. The molecule has 0 radical (unpaired) electrons. The first-order valence-corrected chi connectivity index (χ1v) is 7.22. The fraction of sp³-hybridized carbons (Fsp3) is 0.400. The van der Waals surface area contributed by atoms with E-state index in [9.17, 15) is 9.59 Å². The molecule has 0 saturated heterocycles. The Hall–Kier alpha value is -0.890. The van der Waals surface area contributed by atoms with Crippen molar-refractivity contribution in [2.45, 2.75) is 18.9 Å². The average molecular weight is 336 g/mol. The summed E-state index contributed by atoms with van der Waals surface area (Å²) in [6, 6.07) is -0.614. The van der Waals surface area contributed by atoms with Crippen molar-refractivity contribution in [3.63, 3.8) is 0 Å². The number of allylic oxidation sites excluding steroid dienone is 4. The van der Waals surface area contributed by atoms with Gasteiger partial charge in [-0.15, -0.1) is 0 Å². The monoisotopic (exact) mass is 336 g/mol. The normalized spacial score (nSPS) is 20.7. The van der Waals surface area contributed by atoms with Crippen molar-refractivity contribution in [1.29, 1.82) is 0 Å². The molecule has 1 rings (SSSR count). The van der Waals surface area contributed by atoms with E-state index in [1.54, 1.807) is 0 Å². The van der Waals surface area contributed by atoms with Crippen LogP contribution in [0.3, 0.4) is 0 Å². The minimum atomic E-state index is -1.03. The second kappa shape index (κ2) is 6.64. The molecule has 0 aromatic heterocycles. The van der Waals surface area contributed by atoms with Crippen molar-refractivity contribution >= 4 is 9.82 Å². The summed E-state index contributed by atoms with van der Waals surface area (Å²) in [5, 5.41) is 2.57. The van der Waals surface area contributed by atoms with E-state index in [2.05, 4.69) is 5.32 Å². The second-order valence-corrected chi connectivity index (χ2v) is 5.13. The van der Waals surface area contributed by atoms with Crippen LogP contribution in [-0.4, -0.2) is 15.9 Å². The minimum absolute atomic E-state index is 0.249. The Morgan fingerprint density at radius 2 is 2.25 bits per heavy atom. The summed E-state index contributed by atoms with van der Waals surface area (Å²) in [7, 11) is 0. The number of rotatable bonds is 5. The Bertz CT molecular complexity index is 328. The third kappa shape index (κ3) is 4.31. The van der Waals surface area contributed by atoms with Crippen LogP contribution < -0.4 is 36.5 Å². The van der Waals surface area contributed by atoms with Crippen LogP contribution in [0.5, 0.6) is 0 Å². The molecule has 0 saturated carbocycles. The Labute approximate surface area is 105 Å². The molecular formula is C10H15IN3O2-. The zero-order valence-electron chi connectivity index (χ0n) is 8.73. The van der Waals surface area contributed by atoms with Gasteiger partial charge in [-0.3, -0.25) is 0 Å². The van der Waals surface area contributed by atoms with Crippen LogP contribution >= 0.6 is 0 Å². The summed E-state index contributed by atoms with van der Waals surface area (Å²) >= 11 is -1.03. The molecule has 0 spiro atoms. The number of carbonyl (C=O) groups excluding carboxylic acids is 2. The van der Waals surface area contributed by atoms with Crippen molar-refractivity contribution in [3.8, 4) is 0 Å². The molecule has 5 nitrogen and oxygen atoms in total. The predicted molar refractivity (Wildman–Crippen MR) is 56.7 cm³/mol. The van der Waals surface area contributed by atoms with E-state index in [-0.39, 0.29) is 9.83 Å². The van der Waals surface area contributed by atoms with Gasteiger partial charge in [0.1, 0.15) is 0 Å². The molecule has 0 fully saturated rings. The summed E-state index contributed by atoms with van der Waals surface area (Å²) < 4.78 is 5.02. The number of hydrogen-bond donors (Lipinski definition) is 3. The van der Waals surface area contributed by atoms with Gasteiger partial charge in [0.05, 0.1) is 0 Å². The Morgan fingerprint density at radius 1 is 1.50 bits per heavy atom. The van der Waals surface area contributed by atoms with Crippen molar-refractivity contribution in [1.82, 2.24) is 5.32 Å². The standard InChI is InChI=1S/C10H15IN3O2/c12-9(15)8(14-10(16)11-13)6-7-4-2-1-3-5-7/h1-4,7-8H,5-6,13H2,(H2,12,15)(H,14,16)/q-1. The van der Waals surface area contributed by atoms with Gasteiger partial charge in [-0.25, -0.2) is 0 Å². The summed E-state index contributed by atoms with van der Waals surface area (Å²) in [5.41, 5.74) is 5.23. The van der Waals surface area contributed by atoms with Gasteiger partial charge in [0, 0.05) is 0 Å². The maximum atomic E-state index is 11.2. The topological polar surface area (TPSA) is 98.2 Å². The number of halogens is 1. The van der Waals surface area contributed by atoms with Gasteiger partial charge in [-0.05, 0) is 0 Å². The SMILES string of the molecule is N[I-]C(=O)NC(CC1C=CC=CC1)C(N)=O. The number of amides is 2. The predicted octanol–water partition coefficient (Wildman–Crippen LogP) is -2.96. The molecule has 90 valence electrons. The maximum absolute atomic E-state index is 11.2. The number of carbonyl (C=O) groups is 2. The molecule has 0 aliphatic heterocycles. The first-order valence-electron chi connectivity index (χ1n) is 4.90. The zero-order valence-corrected chi connectivity index (χ0v) is 10.9. The fourth-order valence-corrected chi connectivity index (χ4v) is 2.08. The van der Waals surface area contributed by atoms with Crippen LogP contribution in [-0.2, 0) is 4.79 Å². The van der Waals surface area contributed by atoms with Gasteiger partial charge in [0.2, 0.25) is 0 Å². The van der Waals surface area contributed by atoms with E-state index in [0.717, 1.165) is 6.42 Å². The number of primary amides is 1. The molecule has 2 amide bonds. The molecule has 0 bridgehead atoms. The summed E-state index contributed by atoms with van der Waals surface area (Å²) in [4.78, 5) is 22.3. The number of nitrogens with two attached hydrogens (primary N) is 2. The van der Waals surface area contributed by atoms with Crippen LogP contribution in [0.4, 0.5) is 4.79 Å². The first-order chi connectivity index (χ1) is 7.63. The van der Waals surface area contributed by atoms with Gasteiger partial charge in [-0.2, -0.15) is 0 Å². The van der Waals surface area contributed by atoms with Gasteiger partial charge >= 0.3 is 105 Å². The van der Waals surface area contributed by atoms with Crippen LogP contribution in [0.15, 0.2) is 24.3 Å². The van der Waals surface area contributed by atoms with Crippen LogP contribution in [0.1, 0.15) is 12.8 Å². The molecule has 0 heterocycles. The molecule has 0 aromatic rings. The Morgan fingerprint density at radius 3 is 2.75 bits per heavy atom. The zero-order chi connectivity index (χ0) is 12.0. The van der Waals surface area contributed by atoms with Gasteiger partial charge in [-0.1, -0.05) is 0 Å². The second-order valence-electron chi connectivity index (χ2n) is 3.53. The van der Waals surface area contributed by atoms with E-state index in [0.29, 0.717) is 6.42 Å². The third-order valence-electron chi connectivity index (χ3n) is 2.34. The van der Waals surface area contributed by atoms with E-state index < -0.39 is 33.4 Å². The first kappa shape index (κ1) is 13.2. The number of hydrogen-bond acceptors (Lipinski definition) is 3. The molecule has 2 unspecified atom stereocenters. The quantitative estimate of drug-likeness (QED) is 0.216. The fourth-order valence-electron chi connectivity index (χ4n) is 1.52. The molecule has 0 aromatic carbocycles. The summed E-state index contributed by atoms with van der Waals surface area (Å²) in [6.07, 6.45) is 9.34. The van der Waals surface area contributed by atoms with Gasteiger partial charge in [0.15, 0.2) is 0 Å².